The molecule has 2 heterocycles. The van der Waals surface area contributed by atoms with Gasteiger partial charge in [0.2, 0.25) is 0 Å². The molecule has 0 atom stereocenters. The second kappa shape index (κ2) is 6.94. The van der Waals surface area contributed by atoms with Crippen molar-refractivity contribution in [1.29, 1.82) is 0 Å². The van der Waals surface area contributed by atoms with Gasteiger partial charge in [0, 0.05) is 30.1 Å². The molecule has 134 valence electrons. The number of aromatic nitrogens is 1. The van der Waals surface area contributed by atoms with Gasteiger partial charge in [-0.05, 0) is 31.1 Å². The van der Waals surface area contributed by atoms with Crippen LogP contribution in [0.2, 0.25) is 0 Å². The normalized spacial score (nSPS) is 15.5. The molecule has 0 amide bonds. The van der Waals surface area contributed by atoms with E-state index in [0.717, 1.165) is 59.2 Å². The highest BCUT2D eigenvalue weighted by Crippen LogP contribution is 2.36. The number of rotatable bonds is 3. The van der Waals surface area contributed by atoms with Gasteiger partial charge in [-0.2, -0.15) is 0 Å². The Labute approximate surface area is 153 Å². The monoisotopic (exact) mass is 348 g/mol. The second-order valence-corrected chi connectivity index (χ2v) is 7.09. The van der Waals surface area contributed by atoms with Crippen molar-refractivity contribution in [2.75, 3.05) is 24.6 Å². The van der Waals surface area contributed by atoms with E-state index in [1.54, 1.807) is 6.20 Å². The summed E-state index contributed by atoms with van der Waals surface area (Å²) in [5.41, 5.74) is 2.50. The van der Waals surface area contributed by atoms with E-state index in [9.17, 15) is 4.79 Å². The van der Waals surface area contributed by atoms with Crippen LogP contribution >= 0.6 is 0 Å². The van der Waals surface area contributed by atoms with Gasteiger partial charge in [0.1, 0.15) is 5.56 Å². The number of benzene rings is 2. The van der Waals surface area contributed by atoms with E-state index in [1.165, 1.54) is 0 Å². The summed E-state index contributed by atoms with van der Waals surface area (Å²) < 4.78 is 5.31. The zero-order valence-corrected chi connectivity index (χ0v) is 15.4. The van der Waals surface area contributed by atoms with Crippen LogP contribution in [0.1, 0.15) is 37.0 Å². The third-order valence-corrected chi connectivity index (χ3v) is 5.33. The third kappa shape index (κ3) is 2.90. The van der Waals surface area contributed by atoms with E-state index in [1.807, 2.05) is 19.1 Å². The molecule has 1 saturated heterocycles. The van der Waals surface area contributed by atoms with Crippen LogP contribution in [0.25, 0.3) is 21.7 Å². The highest BCUT2D eigenvalue weighted by molar-refractivity contribution is 6.13. The molecule has 1 aliphatic heterocycles. The lowest BCUT2D eigenvalue weighted by Crippen LogP contribution is -2.34. The lowest BCUT2D eigenvalue weighted by Gasteiger charge is -2.34. The summed E-state index contributed by atoms with van der Waals surface area (Å²) >= 11 is 0. The summed E-state index contributed by atoms with van der Waals surface area (Å²) in [6.45, 7) is 6.41. The molecule has 4 heteroatoms. The Bertz CT molecular complexity index is 959. The molecule has 0 radical (unpaired) electrons. The van der Waals surface area contributed by atoms with Crippen LogP contribution in [-0.2, 0) is 4.74 Å². The topological polar surface area (TPSA) is 42.4 Å². The molecular formula is C22H24N2O2. The van der Waals surface area contributed by atoms with E-state index in [-0.39, 0.29) is 5.97 Å². The zero-order chi connectivity index (χ0) is 18.1. The lowest BCUT2D eigenvalue weighted by molar-refractivity contribution is 0.0526. The molecule has 1 fully saturated rings. The molecule has 0 spiro atoms. The van der Waals surface area contributed by atoms with Gasteiger partial charge in [-0.15, -0.1) is 0 Å². The number of esters is 1. The summed E-state index contributed by atoms with van der Waals surface area (Å²) in [5.74, 6) is 0.440. The average molecular weight is 348 g/mol. The Hall–Kier alpha value is -2.62. The Balaban J connectivity index is 1.94. The van der Waals surface area contributed by atoms with Crippen LogP contribution in [0, 0.1) is 5.92 Å². The van der Waals surface area contributed by atoms with Crippen molar-refractivity contribution in [1.82, 2.24) is 4.98 Å². The number of piperidine rings is 1. The van der Waals surface area contributed by atoms with Crippen LogP contribution in [0.5, 0.6) is 0 Å². The van der Waals surface area contributed by atoms with Crippen molar-refractivity contribution < 1.29 is 9.53 Å². The second-order valence-electron chi connectivity index (χ2n) is 7.09. The van der Waals surface area contributed by atoms with E-state index < -0.39 is 0 Å². The minimum absolute atomic E-state index is 0.288. The van der Waals surface area contributed by atoms with E-state index in [0.29, 0.717) is 12.2 Å². The number of hydrogen-bond donors (Lipinski definition) is 0. The van der Waals surface area contributed by atoms with Crippen molar-refractivity contribution in [2.24, 2.45) is 5.92 Å². The molecular weight excluding hydrogens is 324 g/mol. The first kappa shape index (κ1) is 16.8. The van der Waals surface area contributed by atoms with Crippen LogP contribution in [-0.4, -0.2) is 30.6 Å². The van der Waals surface area contributed by atoms with E-state index in [4.69, 9.17) is 4.74 Å². The fraction of sp³-hybridized carbons (Fsp3) is 0.364. The first-order valence-electron chi connectivity index (χ1n) is 9.41. The summed E-state index contributed by atoms with van der Waals surface area (Å²) in [6, 6.07) is 12.5. The molecule has 1 aromatic heterocycles. The molecule has 3 aromatic rings. The molecule has 0 saturated carbocycles. The van der Waals surface area contributed by atoms with Crippen molar-refractivity contribution in [3.8, 4) is 0 Å². The smallest absolute Gasteiger partial charge is 0.341 e. The summed E-state index contributed by atoms with van der Waals surface area (Å²) in [6.07, 6.45) is 3.97. The Morgan fingerprint density at radius 2 is 1.92 bits per heavy atom. The van der Waals surface area contributed by atoms with E-state index >= 15 is 0 Å². The van der Waals surface area contributed by atoms with Crippen LogP contribution in [0.4, 0.5) is 5.69 Å². The number of nitrogens with zero attached hydrogens (tertiary/aromatic N) is 2. The first-order valence-corrected chi connectivity index (χ1v) is 9.41. The number of pyridine rings is 1. The first-order chi connectivity index (χ1) is 12.7. The summed E-state index contributed by atoms with van der Waals surface area (Å²) in [4.78, 5) is 19.6. The predicted molar refractivity (Wildman–Crippen MR) is 106 cm³/mol. The Morgan fingerprint density at radius 1 is 1.15 bits per heavy atom. The Morgan fingerprint density at radius 3 is 2.69 bits per heavy atom. The lowest BCUT2D eigenvalue weighted by atomic mass is 9.96. The fourth-order valence-corrected chi connectivity index (χ4v) is 3.85. The summed E-state index contributed by atoms with van der Waals surface area (Å²) in [5, 5.41) is 3.31. The van der Waals surface area contributed by atoms with Crippen LogP contribution < -0.4 is 4.90 Å². The van der Waals surface area contributed by atoms with Gasteiger partial charge >= 0.3 is 5.97 Å². The van der Waals surface area contributed by atoms with Gasteiger partial charge in [0.15, 0.2) is 0 Å². The standard InChI is InChI=1S/C22H24N2O2/c1-3-26-22(25)19-14-23-20-17-7-5-4-6-16(17)8-9-18(20)21(19)24-12-10-15(2)11-13-24/h4-9,14-15H,3,10-13H2,1-2H3. The minimum Gasteiger partial charge on any atom is -0.462 e. The minimum atomic E-state index is -0.288. The van der Waals surface area contributed by atoms with Crippen molar-refractivity contribution in [3.05, 3.63) is 48.2 Å². The molecule has 0 unspecified atom stereocenters. The number of ether oxygens (including phenoxy) is 1. The van der Waals surface area contributed by atoms with Crippen molar-refractivity contribution in [2.45, 2.75) is 26.7 Å². The van der Waals surface area contributed by atoms with Crippen LogP contribution in [0.15, 0.2) is 42.6 Å². The largest absolute Gasteiger partial charge is 0.462 e. The third-order valence-electron chi connectivity index (χ3n) is 5.33. The molecule has 4 nitrogen and oxygen atoms in total. The number of carbonyl (C=O) groups excluding carboxylic acids is 1. The molecule has 26 heavy (non-hydrogen) atoms. The number of hydrogen-bond acceptors (Lipinski definition) is 4. The maximum absolute atomic E-state index is 12.6. The van der Waals surface area contributed by atoms with Gasteiger partial charge in [-0.1, -0.05) is 43.3 Å². The maximum atomic E-state index is 12.6. The van der Waals surface area contributed by atoms with Crippen molar-refractivity contribution in [3.63, 3.8) is 0 Å². The molecule has 0 N–H and O–H groups in total. The van der Waals surface area contributed by atoms with Gasteiger partial charge in [0.05, 0.1) is 17.8 Å². The number of fused-ring (bicyclic) bond motifs is 3. The summed E-state index contributed by atoms with van der Waals surface area (Å²) in [7, 11) is 0. The fourth-order valence-electron chi connectivity index (χ4n) is 3.85. The number of anilines is 1. The average Bonchev–Trinajstić information content (AvgIpc) is 2.68. The SMILES string of the molecule is CCOC(=O)c1cnc2c(ccc3ccccc32)c1N1CCC(C)CC1. The zero-order valence-electron chi connectivity index (χ0n) is 15.4. The van der Waals surface area contributed by atoms with Gasteiger partial charge in [-0.25, -0.2) is 4.79 Å². The van der Waals surface area contributed by atoms with Gasteiger partial charge in [0.25, 0.3) is 0 Å². The molecule has 0 aliphatic carbocycles. The van der Waals surface area contributed by atoms with Gasteiger partial charge < -0.3 is 9.64 Å². The highest BCUT2D eigenvalue weighted by atomic mass is 16.5. The molecule has 1 aliphatic rings. The van der Waals surface area contributed by atoms with E-state index in [2.05, 4.69) is 41.1 Å². The quantitative estimate of drug-likeness (QED) is 0.504. The van der Waals surface area contributed by atoms with Crippen molar-refractivity contribution >= 4 is 33.3 Å². The Kier molecular flexibility index (Phi) is 4.49. The highest BCUT2D eigenvalue weighted by Gasteiger charge is 2.25. The molecule has 2 aromatic carbocycles. The maximum Gasteiger partial charge on any atom is 0.341 e. The van der Waals surface area contributed by atoms with Gasteiger partial charge in [-0.3, -0.25) is 4.98 Å². The molecule has 4 rings (SSSR count). The predicted octanol–water partition coefficient (Wildman–Crippen LogP) is 4.80. The number of carbonyl (C=O) groups is 1. The molecule has 0 bridgehead atoms. The van der Waals surface area contributed by atoms with Crippen LogP contribution in [0.3, 0.4) is 0 Å².